The maximum atomic E-state index is 11.7. The van der Waals surface area contributed by atoms with Crippen LogP contribution in [-0.2, 0) is 5.75 Å². The summed E-state index contributed by atoms with van der Waals surface area (Å²) >= 11 is 5.11. The van der Waals surface area contributed by atoms with Gasteiger partial charge in [-0.1, -0.05) is 33.6 Å². The molecule has 0 saturated carbocycles. The van der Waals surface area contributed by atoms with E-state index in [1.807, 2.05) is 18.2 Å². The highest BCUT2D eigenvalue weighted by Gasteiger charge is 2.07. The monoisotopic (exact) mass is 360 g/mol. The maximum Gasteiger partial charge on any atom is 0.336 e. The van der Waals surface area contributed by atoms with E-state index in [4.69, 9.17) is 4.42 Å². The number of halogens is 1. The summed E-state index contributed by atoms with van der Waals surface area (Å²) in [6.45, 7) is 2.07. The second kappa shape index (κ2) is 6.08. The van der Waals surface area contributed by atoms with Crippen molar-refractivity contribution in [1.29, 1.82) is 0 Å². The Morgan fingerprint density at radius 2 is 1.86 bits per heavy atom. The minimum atomic E-state index is -0.305. The van der Waals surface area contributed by atoms with Gasteiger partial charge in [0.05, 0.1) is 0 Å². The van der Waals surface area contributed by atoms with E-state index in [1.54, 1.807) is 17.8 Å². The van der Waals surface area contributed by atoms with Crippen molar-refractivity contribution in [2.24, 2.45) is 0 Å². The summed E-state index contributed by atoms with van der Waals surface area (Å²) in [5.41, 5.74) is 2.56. The van der Waals surface area contributed by atoms with Crippen LogP contribution >= 0.6 is 27.7 Å². The molecule has 3 aromatic rings. The third kappa shape index (κ3) is 3.39. The van der Waals surface area contributed by atoms with Gasteiger partial charge in [-0.3, -0.25) is 0 Å². The molecule has 1 aromatic heterocycles. The second-order valence-corrected chi connectivity index (χ2v) is 6.80. The van der Waals surface area contributed by atoms with Gasteiger partial charge in [-0.25, -0.2) is 4.79 Å². The Morgan fingerprint density at radius 3 is 2.62 bits per heavy atom. The Balaban J connectivity index is 1.93. The first-order valence-corrected chi connectivity index (χ1v) is 8.31. The molecular formula is C17H13BrO2S. The van der Waals surface area contributed by atoms with Gasteiger partial charge in [0.25, 0.3) is 0 Å². The van der Waals surface area contributed by atoms with E-state index in [0.717, 1.165) is 21.2 Å². The summed E-state index contributed by atoms with van der Waals surface area (Å²) in [6, 6.07) is 15.7. The zero-order valence-electron chi connectivity index (χ0n) is 11.4. The van der Waals surface area contributed by atoms with Crippen LogP contribution in [0.2, 0.25) is 0 Å². The van der Waals surface area contributed by atoms with Crippen LogP contribution in [0.5, 0.6) is 0 Å². The van der Waals surface area contributed by atoms with Gasteiger partial charge in [0.1, 0.15) is 5.58 Å². The van der Waals surface area contributed by atoms with Crippen molar-refractivity contribution >= 4 is 38.7 Å². The lowest BCUT2D eigenvalue weighted by molar-refractivity contribution is 0.559. The zero-order chi connectivity index (χ0) is 14.8. The van der Waals surface area contributed by atoms with Crippen LogP contribution < -0.4 is 5.63 Å². The molecular weight excluding hydrogens is 348 g/mol. The molecule has 21 heavy (non-hydrogen) atoms. The molecule has 2 nitrogen and oxygen atoms in total. The first-order chi connectivity index (χ1) is 10.1. The van der Waals surface area contributed by atoms with Crippen LogP contribution in [0, 0.1) is 6.92 Å². The van der Waals surface area contributed by atoms with Crippen molar-refractivity contribution in [2.75, 3.05) is 0 Å². The number of rotatable bonds is 3. The van der Waals surface area contributed by atoms with Gasteiger partial charge >= 0.3 is 5.63 Å². The van der Waals surface area contributed by atoms with E-state index in [-0.39, 0.29) is 5.63 Å². The zero-order valence-corrected chi connectivity index (χ0v) is 13.8. The van der Waals surface area contributed by atoms with Crippen LogP contribution in [-0.4, -0.2) is 0 Å². The van der Waals surface area contributed by atoms with Crippen molar-refractivity contribution in [3.05, 3.63) is 74.6 Å². The van der Waals surface area contributed by atoms with Crippen LogP contribution in [0.3, 0.4) is 0 Å². The lowest BCUT2D eigenvalue weighted by Gasteiger charge is -2.06. The predicted molar refractivity (Wildman–Crippen MR) is 90.9 cm³/mol. The van der Waals surface area contributed by atoms with E-state index in [1.165, 1.54) is 10.5 Å². The van der Waals surface area contributed by atoms with Crippen LogP contribution in [0.15, 0.2) is 67.1 Å². The fraction of sp³-hybridized carbons (Fsp3) is 0.118. The standard InChI is InChI=1S/C17H13BrO2S/c1-11-2-5-14(6-3-11)21-10-12-8-17(19)20-16-9-13(18)4-7-15(12)16/h2-9H,10H2,1H3. The lowest BCUT2D eigenvalue weighted by atomic mass is 10.1. The molecule has 0 spiro atoms. The largest absolute Gasteiger partial charge is 0.423 e. The summed E-state index contributed by atoms with van der Waals surface area (Å²) in [5.74, 6) is 0.743. The Kier molecular flexibility index (Phi) is 4.17. The van der Waals surface area contributed by atoms with E-state index in [0.29, 0.717) is 5.58 Å². The van der Waals surface area contributed by atoms with Gasteiger partial charge in [-0.2, -0.15) is 0 Å². The summed E-state index contributed by atoms with van der Waals surface area (Å²) in [7, 11) is 0. The molecule has 0 fully saturated rings. The van der Waals surface area contributed by atoms with Gasteiger partial charge in [-0.05, 0) is 42.8 Å². The first kappa shape index (κ1) is 14.4. The Hall–Kier alpha value is -1.52. The van der Waals surface area contributed by atoms with Gasteiger partial charge in [0, 0.05) is 26.6 Å². The summed E-state index contributed by atoms with van der Waals surface area (Å²) in [5, 5.41) is 0.984. The molecule has 3 rings (SSSR count). The molecule has 0 saturated heterocycles. The third-order valence-electron chi connectivity index (χ3n) is 3.21. The van der Waals surface area contributed by atoms with E-state index >= 15 is 0 Å². The summed E-state index contributed by atoms with van der Waals surface area (Å²) in [4.78, 5) is 12.9. The Morgan fingerprint density at radius 1 is 1.10 bits per heavy atom. The van der Waals surface area contributed by atoms with Gasteiger partial charge in [0.2, 0.25) is 0 Å². The minimum absolute atomic E-state index is 0.305. The lowest BCUT2D eigenvalue weighted by Crippen LogP contribution is -1.99. The van der Waals surface area contributed by atoms with Gasteiger partial charge in [-0.15, -0.1) is 11.8 Å². The molecule has 0 aliphatic heterocycles. The third-order valence-corrected chi connectivity index (χ3v) is 4.76. The predicted octanol–water partition coefficient (Wildman–Crippen LogP) is 5.16. The van der Waals surface area contributed by atoms with Crippen LogP contribution in [0.4, 0.5) is 0 Å². The minimum Gasteiger partial charge on any atom is -0.423 e. The number of aryl methyl sites for hydroxylation is 1. The molecule has 2 aromatic carbocycles. The highest BCUT2D eigenvalue weighted by molar-refractivity contribution is 9.10. The number of benzene rings is 2. The SMILES string of the molecule is Cc1ccc(SCc2cc(=O)oc3cc(Br)ccc23)cc1. The molecule has 1 heterocycles. The Bertz CT molecular complexity index is 838. The molecule has 0 aliphatic rings. The highest BCUT2D eigenvalue weighted by atomic mass is 79.9. The number of hydrogen-bond acceptors (Lipinski definition) is 3. The molecule has 0 radical (unpaired) electrons. The molecule has 0 bridgehead atoms. The molecule has 0 amide bonds. The smallest absolute Gasteiger partial charge is 0.336 e. The van der Waals surface area contributed by atoms with Crippen LogP contribution in [0.1, 0.15) is 11.1 Å². The van der Waals surface area contributed by atoms with E-state index in [9.17, 15) is 4.79 Å². The Labute approximate surface area is 135 Å². The van der Waals surface area contributed by atoms with Gasteiger partial charge < -0.3 is 4.42 Å². The molecule has 0 unspecified atom stereocenters. The second-order valence-electron chi connectivity index (χ2n) is 4.83. The fourth-order valence-corrected chi connectivity index (χ4v) is 3.35. The molecule has 0 atom stereocenters. The first-order valence-electron chi connectivity index (χ1n) is 6.53. The maximum absolute atomic E-state index is 11.7. The topological polar surface area (TPSA) is 30.2 Å². The van der Waals surface area contributed by atoms with Crippen molar-refractivity contribution in [3.8, 4) is 0 Å². The van der Waals surface area contributed by atoms with Gasteiger partial charge in [0.15, 0.2) is 0 Å². The van der Waals surface area contributed by atoms with Crippen molar-refractivity contribution in [2.45, 2.75) is 17.6 Å². The van der Waals surface area contributed by atoms with E-state index in [2.05, 4.69) is 47.1 Å². The number of hydrogen-bond donors (Lipinski definition) is 0. The highest BCUT2D eigenvalue weighted by Crippen LogP contribution is 2.28. The fourth-order valence-electron chi connectivity index (χ4n) is 2.12. The number of thioether (sulfide) groups is 1. The molecule has 4 heteroatoms. The summed E-state index contributed by atoms with van der Waals surface area (Å²) < 4.78 is 6.16. The average Bonchev–Trinajstić information content (AvgIpc) is 2.45. The normalized spacial score (nSPS) is 11.0. The number of fused-ring (bicyclic) bond motifs is 1. The van der Waals surface area contributed by atoms with E-state index < -0.39 is 0 Å². The molecule has 106 valence electrons. The van der Waals surface area contributed by atoms with Crippen molar-refractivity contribution in [1.82, 2.24) is 0 Å². The van der Waals surface area contributed by atoms with Crippen LogP contribution in [0.25, 0.3) is 11.0 Å². The summed E-state index contributed by atoms with van der Waals surface area (Å²) in [6.07, 6.45) is 0. The van der Waals surface area contributed by atoms with Crippen molar-refractivity contribution < 1.29 is 4.42 Å². The molecule has 0 N–H and O–H groups in total. The molecule has 0 aliphatic carbocycles. The van der Waals surface area contributed by atoms with Crippen molar-refractivity contribution in [3.63, 3.8) is 0 Å². The average molecular weight is 361 g/mol. The quantitative estimate of drug-likeness (QED) is 0.477.